The second-order valence-corrected chi connectivity index (χ2v) is 4.50. The lowest BCUT2D eigenvalue weighted by Gasteiger charge is -2.04. The Morgan fingerprint density at radius 3 is 2.68 bits per heavy atom. The fourth-order valence-corrected chi connectivity index (χ4v) is 1.73. The van der Waals surface area contributed by atoms with Crippen molar-refractivity contribution in [2.75, 3.05) is 5.32 Å². The summed E-state index contributed by atoms with van der Waals surface area (Å²) in [5.41, 5.74) is -0.0944. The molecule has 4 N–H and O–H groups in total. The maximum atomic E-state index is 11.9. The van der Waals surface area contributed by atoms with Gasteiger partial charge in [-0.1, -0.05) is 15.9 Å². The monoisotopic (exact) mass is 325 g/mol. The lowest BCUT2D eigenvalue weighted by Crippen LogP contribution is -2.12. The van der Waals surface area contributed by atoms with Gasteiger partial charge in [0, 0.05) is 10.5 Å². The maximum absolute atomic E-state index is 11.9. The van der Waals surface area contributed by atoms with Crippen LogP contribution < -0.4 is 5.32 Å². The summed E-state index contributed by atoms with van der Waals surface area (Å²) >= 11 is 3.18. The van der Waals surface area contributed by atoms with Crippen LogP contribution in [0.1, 0.15) is 20.8 Å². The number of aromatic nitrogens is 2. The fourth-order valence-electron chi connectivity index (χ4n) is 1.37. The minimum atomic E-state index is -1.18. The molecule has 0 bridgehead atoms. The molecule has 8 heteroatoms. The standard InChI is InChI=1S/C11H8BrN3O4/c12-5-1-2-8(16)6(3-5)10(17)13-9-4-7(11(18)19)14-15-9/h1-4,16H,(H,18,19)(H2,13,14,15,17). The average Bonchev–Trinajstić information content (AvgIpc) is 2.80. The van der Waals surface area contributed by atoms with Crippen LogP contribution in [0.4, 0.5) is 5.82 Å². The summed E-state index contributed by atoms with van der Waals surface area (Å²) in [5, 5.41) is 26.5. The number of benzene rings is 1. The fraction of sp³-hybridized carbons (Fsp3) is 0. The Bertz CT molecular complexity index is 653. The van der Waals surface area contributed by atoms with E-state index in [9.17, 15) is 14.7 Å². The van der Waals surface area contributed by atoms with Crippen molar-refractivity contribution in [2.24, 2.45) is 0 Å². The SMILES string of the molecule is O=C(O)c1cc(NC(=O)c2cc(Br)ccc2O)n[nH]1. The third-order valence-corrected chi connectivity index (χ3v) is 2.75. The summed E-state index contributed by atoms with van der Waals surface area (Å²) in [7, 11) is 0. The van der Waals surface area contributed by atoms with Crippen LogP contribution in [-0.4, -0.2) is 32.3 Å². The van der Waals surface area contributed by atoms with Gasteiger partial charge in [0.05, 0.1) is 5.56 Å². The minimum Gasteiger partial charge on any atom is -0.507 e. The zero-order chi connectivity index (χ0) is 14.0. The Hall–Kier alpha value is -2.35. The van der Waals surface area contributed by atoms with Crippen LogP contribution in [0.2, 0.25) is 0 Å². The number of phenols is 1. The Morgan fingerprint density at radius 2 is 2.05 bits per heavy atom. The molecule has 0 spiro atoms. The van der Waals surface area contributed by atoms with E-state index in [-0.39, 0.29) is 22.8 Å². The largest absolute Gasteiger partial charge is 0.507 e. The van der Waals surface area contributed by atoms with Crippen LogP contribution in [0.3, 0.4) is 0 Å². The number of H-pyrrole nitrogens is 1. The van der Waals surface area contributed by atoms with Gasteiger partial charge in [-0.2, -0.15) is 5.10 Å². The molecule has 0 aliphatic carbocycles. The molecule has 0 aliphatic heterocycles. The second-order valence-electron chi connectivity index (χ2n) is 3.59. The summed E-state index contributed by atoms with van der Waals surface area (Å²) in [6.07, 6.45) is 0. The predicted molar refractivity (Wildman–Crippen MR) is 69.3 cm³/mol. The number of nitrogens with one attached hydrogen (secondary N) is 2. The lowest BCUT2D eigenvalue weighted by molar-refractivity contribution is 0.0690. The molecule has 1 amide bonds. The summed E-state index contributed by atoms with van der Waals surface area (Å²) in [4.78, 5) is 22.5. The molecular weight excluding hydrogens is 318 g/mol. The second kappa shape index (κ2) is 5.11. The number of amides is 1. The number of aromatic carboxylic acids is 1. The number of carbonyl (C=O) groups is 2. The van der Waals surface area contributed by atoms with E-state index in [1.807, 2.05) is 0 Å². The van der Waals surface area contributed by atoms with E-state index in [1.54, 1.807) is 6.07 Å². The van der Waals surface area contributed by atoms with Crippen LogP contribution in [0.5, 0.6) is 5.75 Å². The van der Waals surface area contributed by atoms with Crippen molar-refractivity contribution >= 4 is 33.6 Å². The Balaban J connectivity index is 2.20. The quantitative estimate of drug-likeness (QED) is 0.687. The third-order valence-electron chi connectivity index (χ3n) is 2.25. The van der Waals surface area contributed by atoms with Gasteiger partial charge in [0.1, 0.15) is 11.4 Å². The van der Waals surface area contributed by atoms with Crippen LogP contribution in [0.15, 0.2) is 28.7 Å². The Labute approximate surface area is 115 Å². The first-order valence-corrected chi connectivity index (χ1v) is 5.85. The molecule has 0 saturated carbocycles. The molecule has 0 atom stereocenters. The molecule has 2 aromatic rings. The molecule has 0 aliphatic rings. The van der Waals surface area contributed by atoms with Crippen molar-refractivity contribution in [3.63, 3.8) is 0 Å². The number of anilines is 1. The van der Waals surface area contributed by atoms with Gasteiger partial charge in [0.2, 0.25) is 0 Å². The molecule has 1 heterocycles. The molecule has 1 aromatic carbocycles. The van der Waals surface area contributed by atoms with Gasteiger partial charge in [-0.05, 0) is 18.2 Å². The highest BCUT2D eigenvalue weighted by Gasteiger charge is 2.14. The number of hydrogen-bond donors (Lipinski definition) is 4. The summed E-state index contributed by atoms with van der Waals surface area (Å²) in [6.45, 7) is 0. The zero-order valence-corrected chi connectivity index (χ0v) is 10.9. The number of carboxylic acids is 1. The van der Waals surface area contributed by atoms with Gasteiger partial charge in [-0.25, -0.2) is 4.79 Å². The van der Waals surface area contributed by atoms with Gasteiger partial charge in [0.15, 0.2) is 5.82 Å². The number of nitrogens with zero attached hydrogens (tertiary/aromatic N) is 1. The van der Waals surface area contributed by atoms with Gasteiger partial charge in [-0.15, -0.1) is 0 Å². The molecule has 0 radical (unpaired) electrons. The first-order valence-electron chi connectivity index (χ1n) is 5.06. The molecule has 7 nitrogen and oxygen atoms in total. The first-order chi connectivity index (χ1) is 8.97. The van der Waals surface area contributed by atoms with Crippen LogP contribution in [-0.2, 0) is 0 Å². The average molecular weight is 326 g/mol. The number of rotatable bonds is 3. The number of halogens is 1. The van der Waals surface area contributed by atoms with Crippen molar-refractivity contribution in [2.45, 2.75) is 0 Å². The van der Waals surface area contributed by atoms with Crippen LogP contribution in [0, 0.1) is 0 Å². The topological polar surface area (TPSA) is 115 Å². The molecule has 19 heavy (non-hydrogen) atoms. The minimum absolute atomic E-state index is 0.0502. The number of hydrogen-bond acceptors (Lipinski definition) is 4. The highest BCUT2D eigenvalue weighted by atomic mass is 79.9. The van der Waals surface area contributed by atoms with E-state index in [1.165, 1.54) is 18.2 Å². The molecule has 0 fully saturated rings. The number of aromatic amines is 1. The Morgan fingerprint density at radius 1 is 1.32 bits per heavy atom. The number of carbonyl (C=O) groups excluding carboxylic acids is 1. The van der Waals surface area contributed by atoms with E-state index in [0.29, 0.717) is 4.47 Å². The molecule has 0 unspecified atom stereocenters. The van der Waals surface area contributed by atoms with Crippen LogP contribution in [0.25, 0.3) is 0 Å². The van der Waals surface area contributed by atoms with E-state index in [0.717, 1.165) is 0 Å². The number of aromatic hydroxyl groups is 1. The predicted octanol–water partition coefficient (Wildman–Crippen LogP) is 1.83. The summed E-state index contributed by atoms with van der Waals surface area (Å²) < 4.78 is 0.628. The summed E-state index contributed by atoms with van der Waals surface area (Å²) in [6, 6.07) is 5.57. The maximum Gasteiger partial charge on any atom is 0.353 e. The smallest absolute Gasteiger partial charge is 0.353 e. The third kappa shape index (κ3) is 2.91. The van der Waals surface area contributed by atoms with Crippen molar-refractivity contribution < 1.29 is 19.8 Å². The van der Waals surface area contributed by atoms with E-state index in [2.05, 4.69) is 31.4 Å². The Kier molecular flexibility index (Phi) is 3.52. The van der Waals surface area contributed by atoms with E-state index >= 15 is 0 Å². The van der Waals surface area contributed by atoms with Gasteiger partial charge in [0.25, 0.3) is 5.91 Å². The molecule has 0 saturated heterocycles. The first kappa shape index (κ1) is 13.1. The normalized spacial score (nSPS) is 10.2. The van der Waals surface area contributed by atoms with Gasteiger partial charge < -0.3 is 15.5 Å². The van der Waals surface area contributed by atoms with Crippen molar-refractivity contribution in [3.8, 4) is 5.75 Å². The number of carboxylic acid groups (broad SMARTS) is 1. The van der Waals surface area contributed by atoms with Gasteiger partial charge >= 0.3 is 5.97 Å². The highest BCUT2D eigenvalue weighted by molar-refractivity contribution is 9.10. The van der Waals surface area contributed by atoms with Crippen molar-refractivity contribution in [1.82, 2.24) is 10.2 Å². The van der Waals surface area contributed by atoms with Crippen LogP contribution >= 0.6 is 15.9 Å². The summed E-state index contributed by atoms with van der Waals surface area (Å²) in [5.74, 6) is -1.91. The number of phenolic OH excluding ortho intramolecular Hbond substituents is 1. The highest BCUT2D eigenvalue weighted by Crippen LogP contribution is 2.22. The zero-order valence-electron chi connectivity index (χ0n) is 9.35. The van der Waals surface area contributed by atoms with E-state index < -0.39 is 11.9 Å². The molecular formula is C11H8BrN3O4. The lowest BCUT2D eigenvalue weighted by atomic mass is 10.2. The molecule has 98 valence electrons. The van der Waals surface area contributed by atoms with Crippen molar-refractivity contribution in [1.29, 1.82) is 0 Å². The van der Waals surface area contributed by atoms with Crippen molar-refractivity contribution in [3.05, 3.63) is 40.0 Å². The molecule has 1 aromatic heterocycles. The van der Waals surface area contributed by atoms with E-state index in [4.69, 9.17) is 5.11 Å². The molecule has 2 rings (SSSR count). The van der Waals surface area contributed by atoms with Gasteiger partial charge in [-0.3, -0.25) is 9.89 Å².